The van der Waals surface area contributed by atoms with Gasteiger partial charge in [-0.25, -0.2) is 15.3 Å². The lowest BCUT2D eigenvalue weighted by molar-refractivity contribution is -0.134. The van der Waals surface area contributed by atoms with Gasteiger partial charge in [0.05, 0.1) is 6.20 Å². The lowest BCUT2D eigenvalue weighted by Crippen LogP contribution is -2.57. The van der Waals surface area contributed by atoms with Crippen molar-refractivity contribution in [1.82, 2.24) is 19.6 Å². The van der Waals surface area contributed by atoms with E-state index in [0.717, 1.165) is 15.2 Å². The number of imidazole rings is 1. The molecule has 2 aromatic rings. The van der Waals surface area contributed by atoms with Gasteiger partial charge in [0.1, 0.15) is 6.04 Å². The number of amides is 2. The number of nitrogens with one attached hydrogen (secondary N) is 1. The third-order valence-corrected chi connectivity index (χ3v) is 5.60. The van der Waals surface area contributed by atoms with Crippen LogP contribution in [0, 0.1) is 5.92 Å². The molecule has 0 spiro atoms. The predicted octanol–water partition coefficient (Wildman–Crippen LogP) is 1.71. The Morgan fingerprint density at radius 1 is 1.12 bits per heavy atom. The Hall–Kier alpha value is -3.11. The number of hydrogen-bond acceptors (Lipinski definition) is 6. The first-order valence-electron chi connectivity index (χ1n) is 11.6. The average Bonchev–Trinajstić information content (AvgIpc) is 3.08. The van der Waals surface area contributed by atoms with Crippen molar-refractivity contribution in [3.63, 3.8) is 0 Å². The van der Waals surface area contributed by atoms with E-state index in [-0.39, 0.29) is 18.8 Å². The van der Waals surface area contributed by atoms with Gasteiger partial charge in [0.25, 0.3) is 5.91 Å². The summed E-state index contributed by atoms with van der Waals surface area (Å²) >= 11 is 0. The SMILES string of the molecule is CC(C)CCC(=O)N([C@@H](CCCc1ccccc1)C(=O)NO)n1c(O)cn(CCN(C)C)c1=O. The molecule has 0 bridgehead atoms. The minimum atomic E-state index is -1.18. The third-order valence-electron chi connectivity index (χ3n) is 5.60. The van der Waals surface area contributed by atoms with Crippen molar-refractivity contribution in [2.24, 2.45) is 5.92 Å². The molecule has 1 heterocycles. The predicted molar refractivity (Wildman–Crippen MR) is 129 cm³/mol. The molecule has 0 saturated heterocycles. The summed E-state index contributed by atoms with van der Waals surface area (Å²) in [6, 6.07) is 8.51. The Balaban J connectivity index is 2.40. The van der Waals surface area contributed by atoms with Gasteiger partial charge in [0, 0.05) is 19.5 Å². The van der Waals surface area contributed by atoms with E-state index in [1.165, 1.54) is 10.8 Å². The fraction of sp³-hybridized carbons (Fsp3) is 0.542. The first kappa shape index (κ1) is 27.1. The topological polar surface area (TPSA) is 120 Å². The second-order valence-electron chi connectivity index (χ2n) is 9.12. The summed E-state index contributed by atoms with van der Waals surface area (Å²) in [7, 11) is 3.72. The zero-order chi connectivity index (χ0) is 25.3. The first-order chi connectivity index (χ1) is 16.1. The van der Waals surface area contributed by atoms with E-state index >= 15 is 0 Å². The summed E-state index contributed by atoms with van der Waals surface area (Å²) in [4.78, 5) is 41.0. The van der Waals surface area contributed by atoms with Crippen LogP contribution in [-0.2, 0) is 22.6 Å². The Morgan fingerprint density at radius 2 is 1.79 bits per heavy atom. The molecule has 1 atom stereocenters. The number of carbonyl (C=O) groups is 2. The highest BCUT2D eigenvalue weighted by Crippen LogP contribution is 2.17. The van der Waals surface area contributed by atoms with Crippen LogP contribution >= 0.6 is 0 Å². The van der Waals surface area contributed by atoms with Crippen molar-refractivity contribution >= 4 is 11.8 Å². The molecule has 0 fully saturated rings. The van der Waals surface area contributed by atoms with Crippen LogP contribution in [0.2, 0.25) is 0 Å². The van der Waals surface area contributed by atoms with Gasteiger partial charge >= 0.3 is 5.69 Å². The van der Waals surface area contributed by atoms with E-state index in [4.69, 9.17) is 0 Å². The van der Waals surface area contributed by atoms with Crippen LogP contribution in [0.4, 0.5) is 0 Å². The highest BCUT2D eigenvalue weighted by Gasteiger charge is 2.34. The molecule has 1 aromatic carbocycles. The number of aromatic nitrogens is 2. The minimum absolute atomic E-state index is 0.0836. The number of hydroxylamine groups is 1. The number of likely N-dealkylation sites (N-methyl/N-ethyl adjacent to an activating group) is 1. The molecule has 0 aliphatic rings. The molecule has 10 nitrogen and oxygen atoms in total. The zero-order valence-corrected chi connectivity index (χ0v) is 20.5. The van der Waals surface area contributed by atoms with Gasteiger partial charge in [-0.15, -0.1) is 0 Å². The Kier molecular flexibility index (Phi) is 10.3. The molecule has 34 heavy (non-hydrogen) atoms. The van der Waals surface area contributed by atoms with Crippen LogP contribution < -0.4 is 16.2 Å². The van der Waals surface area contributed by atoms with Gasteiger partial charge < -0.3 is 10.0 Å². The van der Waals surface area contributed by atoms with Crippen LogP contribution in [0.15, 0.2) is 41.3 Å². The van der Waals surface area contributed by atoms with E-state index in [1.54, 1.807) is 5.48 Å². The van der Waals surface area contributed by atoms with Crippen molar-refractivity contribution in [3.05, 3.63) is 52.6 Å². The van der Waals surface area contributed by atoms with Gasteiger partial charge in [-0.05, 0) is 51.3 Å². The van der Waals surface area contributed by atoms with E-state index in [1.807, 2.05) is 63.2 Å². The second kappa shape index (κ2) is 13.0. The molecule has 1 aromatic heterocycles. The molecule has 10 heteroatoms. The third kappa shape index (κ3) is 7.46. The molecular weight excluding hydrogens is 438 g/mol. The fourth-order valence-corrected chi connectivity index (χ4v) is 3.67. The van der Waals surface area contributed by atoms with E-state index in [2.05, 4.69) is 0 Å². The smallest absolute Gasteiger partial charge is 0.350 e. The number of hydrogen-bond donors (Lipinski definition) is 3. The van der Waals surface area contributed by atoms with E-state index in [9.17, 15) is 24.7 Å². The molecule has 2 rings (SSSR count). The molecule has 0 unspecified atom stereocenters. The monoisotopic (exact) mass is 475 g/mol. The van der Waals surface area contributed by atoms with Crippen LogP contribution in [-0.4, -0.2) is 63.0 Å². The molecule has 188 valence electrons. The zero-order valence-electron chi connectivity index (χ0n) is 20.5. The van der Waals surface area contributed by atoms with Gasteiger partial charge in [-0.3, -0.25) is 19.4 Å². The Labute approximate surface area is 200 Å². The summed E-state index contributed by atoms with van der Waals surface area (Å²) < 4.78 is 2.15. The Morgan fingerprint density at radius 3 is 2.38 bits per heavy atom. The van der Waals surface area contributed by atoms with E-state index in [0.29, 0.717) is 32.4 Å². The highest BCUT2D eigenvalue weighted by molar-refractivity contribution is 5.94. The molecule has 0 saturated carbocycles. The normalized spacial score (nSPS) is 12.2. The van der Waals surface area contributed by atoms with Crippen molar-refractivity contribution in [3.8, 4) is 5.88 Å². The Bertz CT molecular complexity index is 983. The highest BCUT2D eigenvalue weighted by atomic mass is 16.5. The van der Waals surface area contributed by atoms with Crippen molar-refractivity contribution in [1.29, 1.82) is 0 Å². The van der Waals surface area contributed by atoms with Crippen LogP contribution in [0.5, 0.6) is 5.88 Å². The lowest BCUT2D eigenvalue weighted by atomic mass is 10.0. The maximum absolute atomic E-state index is 13.3. The van der Waals surface area contributed by atoms with Crippen LogP contribution in [0.25, 0.3) is 0 Å². The largest absolute Gasteiger partial charge is 0.492 e. The minimum Gasteiger partial charge on any atom is -0.492 e. The fourth-order valence-electron chi connectivity index (χ4n) is 3.67. The summed E-state index contributed by atoms with van der Waals surface area (Å²) in [5, 5.41) is 21.0. The molecule has 0 aliphatic heterocycles. The van der Waals surface area contributed by atoms with Gasteiger partial charge in [0.2, 0.25) is 11.8 Å². The number of nitrogens with zero attached hydrogens (tertiary/aromatic N) is 4. The number of rotatable bonds is 13. The summed E-state index contributed by atoms with van der Waals surface area (Å²) in [6.07, 6.45) is 3.24. The maximum Gasteiger partial charge on any atom is 0.350 e. The van der Waals surface area contributed by atoms with E-state index < -0.39 is 29.4 Å². The van der Waals surface area contributed by atoms with Gasteiger partial charge in [-0.1, -0.05) is 44.2 Å². The average molecular weight is 476 g/mol. The number of aromatic hydroxyl groups is 1. The van der Waals surface area contributed by atoms with Crippen molar-refractivity contribution in [2.75, 3.05) is 25.6 Å². The van der Waals surface area contributed by atoms with Crippen LogP contribution in [0.3, 0.4) is 0 Å². The molecule has 2 amide bonds. The van der Waals surface area contributed by atoms with Crippen molar-refractivity contribution < 1.29 is 19.9 Å². The van der Waals surface area contributed by atoms with Crippen LogP contribution in [0.1, 0.15) is 45.1 Å². The maximum atomic E-state index is 13.3. The number of aryl methyl sites for hydroxylation is 1. The first-order valence-corrected chi connectivity index (χ1v) is 11.6. The molecule has 3 N–H and O–H groups in total. The molecule has 0 aliphatic carbocycles. The number of carbonyl (C=O) groups excluding carboxylic acids is 2. The lowest BCUT2D eigenvalue weighted by Gasteiger charge is -2.30. The van der Waals surface area contributed by atoms with Gasteiger partial charge in [0.15, 0.2) is 0 Å². The quantitative estimate of drug-likeness (QED) is 0.300. The second-order valence-corrected chi connectivity index (χ2v) is 9.12. The van der Waals surface area contributed by atoms with Gasteiger partial charge in [-0.2, -0.15) is 4.68 Å². The molecular formula is C24H37N5O5. The van der Waals surface area contributed by atoms with Crippen molar-refractivity contribution in [2.45, 2.75) is 58.5 Å². The standard InChI is InChI=1S/C24H37N5O5/c1-18(2)13-14-21(30)28(29-22(31)17-27(24(29)33)16-15-26(3)4)20(23(32)25-34)12-8-11-19-9-6-5-7-10-19/h5-7,9-10,17-18,20,31,34H,8,11-16H2,1-4H3,(H,25,32)/t20-/m0/s1. The summed E-state index contributed by atoms with van der Waals surface area (Å²) in [5.41, 5.74) is 2.07. The number of benzene rings is 1. The summed E-state index contributed by atoms with van der Waals surface area (Å²) in [5.74, 6) is -1.52. The summed E-state index contributed by atoms with van der Waals surface area (Å²) in [6.45, 7) is 4.78. The molecule has 0 radical (unpaired) electrons.